The van der Waals surface area contributed by atoms with Crippen molar-refractivity contribution >= 4 is 8.60 Å². The van der Waals surface area contributed by atoms with Gasteiger partial charge in [-0.1, -0.05) is 63.1 Å². The minimum Gasteiger partial charge on any atom is -0.426 e. The minimum atomic E-state index is -2.42. The highest BCUT2D eigenvalue weighted by Gasteiger charge is 2.17. The second-order valence-electron chi connectivity index (χ2n) is 5.29. The third-order valence-electron chi connectivity index (χ3n) is 3.63. The molecule has 2 rings (SSSR count). The molecule has 118 valence electrons. The Morgan fingerprint density at radius 2 is 1.59 bits per heavy atom. The van der Waals surface area contributed by atoms with Gasteiger partial charge >= 0.3 is 8.60 Å². The van der Waals surface area contributed by atoms with Gasteiger partial charge in [-0.25, -0.2) is 0 Å². The largest absolute Gasteiger partial charge is 0.426 e. The van der Waals surface area contributed by atoms with Crippen molar-refractivity contribution in [1.29, 1.82) is 0 Å². The Labute approximate surface area is 133 Å². The lowest BCUT2D eigenvalue weighted by Gasteiger charge is -2.19. The molecule has 0 bridgehead atoms. The molecule has 0 aliphatic heterocycles. The molecule has 0 aliphatic rings. The van der Waals surface area contributed by atoms with Crippen LogP contribution in [0.3, 0.4) is 0 Å². The fourth-order valence-corrected chi connectivity index (χ4v) is 3.12. The van der Waals surface area contributed by atoms with Crippen LogP contribution in [0.4, 0.5) is 0 Å². The Morgan fingerprint density at radius 3 is 2.18 bits per heavy atom. The van der Waals surface area contributed by atoms with Gasteiger partial charge in [0.1, 0.15) is 5.75 Å². The zero-order valence-corrected chi connectivity index (χ0v) is 14.0. The van der Waals surface area contributed by atoms with E-state index in [4.69, 9.17) is 4.52 Å². The normalized spacial score (nSPS) is 11.0. The smallest absolute Gasteiger partial charge is 0.391 e. The first-order chi connectivity index (χ1) is 10.7. The molecule has 2 N–H and O–H groups in total. The molecular formula is C18H23O3P. The van der Waals surface area contributed by atoms with Crippen molar-refractivity contribution in [2.75, 3.05) is 0 Å². The summed E-state index contributed by atoms with van der Waals surface area (Å²) in [4.78, 5) is 18.5. The van der Waals surface area contributed by atoms with Crippen LogP contribution in [0.5, 0.6) is 5.75 Å². The van der Waals surface area contributed by atoms with Crippen LogP contribution in [-0.2, 0) is 12.8 Å². The van der Waals surface area contributed by atoms with Crippen molar-refractivity contribution in [2.45, 2.75) is 39.5 Å². The summed E-state index contributed by atoms with van der Waals surface area (Å²) >= 11 is 0. The highest BCUT2D eigenvalue weighted by atomic mass is 31.2. The molecular weight excluding hydrogens is 295 g/mol. The number of hydrogen-bond acceptors (Lipinski definition) is 3. The summed E-state index contributed by atoms with van der Waals surface area (Å²) in [5.74, 6) is 0.547. The second-order valence-corrected chi connectivity index (χ2v) is 5.97. The second kappa shape index (κ2) is 8.28. The molecule has 3 nitrogen and oxygen atoms in total. The Bertz CT molecular complexity index is 597. The Kier molecular flexibility index (Phi) is 6.38. The highest BCUT2D eigenvalue weighted by Crippen LogP contribution is 2.41. The zero-order valence-electron chi connectivity index (χ0n) is 13.1. The van der Waals surface area contributed by atoms with E-state index in [-0.39, 0.29) is 0 Å². The van der Waals surface area contributed by atoms with E-state index in [1.807, 2.05) is 36.4 Å². The first kappa shape index (κ1) is 17.0. The molecule has 0 radical (unpaired) electrons. The van der Waals surface area contributed by atoms with Crippen molar-refractivity contribution in [2.24, 2.45) is 0 Å². The molecule has 0 aromatic heterocycles. The lowest BCUT2D eigenvalue weighted by molar-refractivity contribution is 0.375. The quantitative estimate of drug-likeness (QED) is 0.718. The van der Waals surface area contributed by atoms with Gasteiger partial charge in [-0.3, -0.25) is 0 Å². The standard InChI is InChI=1S/C18H23O3P/c1-3-8-14-12-13-17(21-22(19)20)18(16(14)9-4-2)15-10-6-5-7-11-15/h5-7,10-13,19-20H,3-4,8-9H2,1-2H3. The average Bonchev–Trinajstić information content (AvgIpc) is 2.50. The van der Waals surface area contributed by atoms with Crippen molar-refractivity contribution in [3.8, 4) is 16.9 Å². The molecule has 4 heteroatoms. The van der Waals surface area contributed by atoms with Gasteiger partial charge in [-0.05, 0) is 35.6 Å². The predicted octanol–water partition coefficient (Wildman–Crippen LogP) is 4.85. The molecule has 0 saturated carbocycles. The van der Waals surface area contributed by atoms with Crippen LogP contribution >= 0.6 is 8.60 Å². The van der Waals surface area contributed by atoms with E-state index in [0.29, 0.717) is 5.75 Å². The van der Waals surface area contributed by atoms with Crippen molar-refractivity contribution < 1.29 is 14.3 Å². The molecule has 2 aromatic rings. The molecule has 0 fully saturated rings. The van der Waals surface area contributed by atoms with Crippen LogP contribution < -0.4 is 4.52 Å². The molecule has 0 atom stereocenters. The van der Waals surface area contributed by atoms with Crippen LogP contribution in [0.2, 0.25) is 0 Å². The first-order valence-electron chi connectivity index (χ1n) is 7.73. The van der Waals surface area contributed by atoms with Crippen LogP contribution in [0.25, 0.3) is 11.1 Å². The van der Waals surface area contributed by atoms with Crippen LogP contribution in [0.1, 0.15) is 37.8 Å². The van der Waals surface area contributed by atoms with Gasteiger partial charge < -0.3 is 14.3 Å². The summed E-state index contributed by atoms with van der Waals surface area (Å²) in [6.45, 7) is 4.33. The molecule has 2 aromatic carbocycles. The third-order valence-corrected chi connectivity index (χ3v) is 3.99. The van der Waals surface area contributed by atoms with Gasteiger partial charge in [0.2, 0.25) is 0 Å². The van der Waals surface area contributed by atoms with E-state index in [9.17, 15) is 9.79 Å². The summed E-state index contributed by atoms with van der Waals surface area (Å²) in [6, 6.07) is 13.9. The Balaban J connectivity index is 2.63. The highest BCUT2D eigenvalue weighted by molar-refractivity contribution is 7.39. The van der Waals surface area contributed by atoms with Gasteiger partial charge in [-0.15, -0.1) is 0 Å². The number of rotatable bonds is 7. The number of benzene rings is 2. The molecule has 0 unspecified atom stereocenters. The number of aryl methyl sites for hydroxylation is 1. The van der Waals surface area contributed by atoms with Crippen LogP contribution in [0, 0.1) is 0 Å². The lowest BCUT2D eigenvalue weighted by atomic mass is 9.90. The van der Waals surface area contributed by atoms with Gasteiger partial charge in [0, 0.05) is 5.56 Å². The maximum Gasteiger partial charge on any atom is 0.391 e. The summed E-state index contributed by atoms with van der Waals surface area (Å²) in [7, 11) is -2.42. The molecule has 0 heterocycles. The molecule has 0 aliphatic carbocycles. The van der Waals surface area contributed by atoms with E-state index in [2.05, 4.69) is 19.9 Å². The van der Waals surface area contributed by atoms with Crippen LogP contribution in [-0.4, -0.2) is 9.79 Å². The fourth-order valence-electron chi connectivity index (χ4n) is 2.79. The first-order valence-corrected chi connectivity index (χ1v) is 8.89. The van der Waals surface area contributed by atoms with Gasteiger partial charge in [0.15, 0.2) is 0 Å². The SMILES string of the molecule is CCCc1ccc(OP(O)O)c(-c2ccccc2)c1CCC. The Hall–Kier alpha value is -1.41. The molecule has 0 amide bonds. The van der Waals surface area contributed by atoms with E-state index < -0.39 is 8.60 Å². The number of hydrogen-bond donors (Lipinski definition) is 2. The zero-order chi connectivity index (χ0) is 15.9. The van der Waals surface area contributed by atoms with E-state index in [1.165, 1.54) is 11.1 Å². The molecule has 0 spiro atoms. The lowest BCUT2D eigenvalue weighted by Crippen LogP contribution is -2.00. The van der Waals surface area contributed by atoms with E-state index >= 15 is 0 Å². The Morgan fingerprint density at radius 1 is 0.909 bits per heavy atom. The maximum atomic E-state index is 9.27. The van der Waals surface area contributed by atoms with Gasteiger partial charge in [-0.2, -0.15) is 0 Å². The predicted molar refractivity (Wildman–Crippen MR) is 91.9 cm³/mol. The van der Waals surface area contributed by atoms with E-state index in [0.717, 1.165) is 36.8 Å². The van der Waals surface area contributed by atoms with Crippen molar-refractivity contribution in [1.82, 2.24) is 0 Å². The summed E-state index contributed by atoms with van der Waals surface area (Å²) in [5, 5.41) is 0. The summed E-state index contributed by atoms with van der Waals surface area (Å²) < 4.78 is 5.30. The summed E-state index contributed by atoms with van der Waals surface area (Å²) in [5.41, 5.74) is 4.61. The summed E-state index contributed by atoms with van der Waals surface area (Å²) in [6.07, 6.45) is 4.08. The van der Waals surface area contributed by atoms with Crippen molar-refractivity contribution in [3.63, 3.8) is 0 Å². The van der Waals surface area contributed by atoms with E-state index in [1.54, 1.807) is 0 Å². The van der Waals surface area contributed by atoms with Crippen molar-refractivity contribution in [3.05, 3.63) is 53.6 Å². The maximum absolute atomic E-state index is 9.27. The van der Waals surface area contributed by atoms with Crippen LogP contribution in [0.15, 0.2) is 42.5 Å². The minimum absolute atomic E-state index is 0.547. The third kappa shape index (κ3) is 4.07. The fraction of sp³-hybridized carbons (Fsp3) is 0.333. The average molecular weight is 318 g/mol. The molecule has 22 heavy (non-hydrogen) atoms. The van der Waals surface area contributed by atoms with Gasteiger partial charge in [0.05, 0.1) is 0 Å². The van der Waals surface area contributed by atoms with Gasteiger partial charge in [0.25, 0.3) is 0 Å². The molecule has 0 saturated heterocycles. The topological polar surface area (TPSA) is 49.7 Å². The monoisotopic (exact) mass is 318 g/mol.